The molecule has 0 unspecified atom stereocenters. The van der Waals surface area contributed by atoms with Crippen LogP contribution in [0.15, 0.2) is 48.7 Å². The molecule has 0 aliphatic carbocycles. The zero-order valence-electron chi connectivity index (χ0n) is 15.0. The summed E-state index contributed by atoms with van der Waals surface area (Å²) in [5.74, 6) is 0.0415. The average molecular weight is 388 g/mol. The molecular weight excluding hydrogens is 369 g/mol. The van der Waals surface area contributed by atoms with Crippen LogP contribution in [0.3, 0.4) is 0 Å². The number of halogens is 2. The van der Waals surface area contributed by atoms with Crippen LogP contribution >= 0.6 is 11.6 Å². The number of hydrogen-bond acceptors (Lipinski definition) is 3. The summed E-state index contributed by atoms with van der Waals surface area (Å²) in [5.41, 5.74) is 1.32. The fourth-order valence-corrected chi connectivity index (χ4v) is 2.90. The van der Waals surface area contributed by atoms with Gasteiger partial charge in [-0.3, -0.25) is 0 Å². The minimum atomic E-state index is -0.532. The summed E-state index contributed by atoms with van der Waals surface area (Å²) in [7, 11) is 1.67. The highest BCUT2D eigenvalue weighted by atomic mass is 35.5. The molecule has 140 valence electrons. The Morgan fingerprint density at radius 1 is 1.26 bits per heavy atom. The zero-order valence-corrected chi connectivity index (χ0v) is 15.8. The number of urea groups is 1. The lowest BCUT2D eigenvalue weighted by Crippen LogP contribution is -2.31. The van der Waals surface area contributed by atoms with Crippen LogP contribution in [0.25, 0.3) is 10.8 Å². The van der Waals surface area contributed by atoms with Crippen molar-refractivity contribution < 1.29 is 13.9 Å². The Bertz CT molecular complexity index is 981. The minimum Gasteiger partial charge on any atom is -0.478 e. The minimum absolute atomic E-state index is 0.0443. The summed E-state index contributed by atoms with van der Waals surface area (Å²) < 4.78 is 18.8. The fraction of sp³-hybridized carbons (Fsp3) is 0.200. The van der Waals surface area contributed by atoms with Gasteiger partial charge in [-0.15, -0.1) is 0 Å². The highest BCUT2D eigenvalue weighted by Gasteiger charge is 2.14. The van der Waals surface area contributed by atoms with Gasteiger partial charge < -0.3 is 15.0 Å². The molecule has 0 fully saturated rings. The third-order valence-corrected chi connectivity index (χ3v) is 4.34. The fourth-order valence-electron chi connectivity index (χ4n) is 2.72. The number of fused-ring (bicyclic) bond motifs is 1. The molecule has 0 aliphatic rings. The van der Waals surface area contributed by atoms with Crippen molar-refractivity contribution in [1.82, 2.24) is 9.88 Å². The van der Waals surface area contributed by atoms with E-state index in [4.69, 9.17) is 16.3 Å². The lowest BCUT2D eigenvalue weighted by molar-refractivity contribution is 0.221. The Kier molecular flexibility index (Phi) is 5.76. The maximum atomic E-state index is 13.2. The van der Waals surface area contributed by atoms with Crippen LogP contribution in [0.2, 0.25) is 5.02 Å². The molecule has 0 saturated carbocycles. The predicted molar refractivity (Wildman–Crippen MR) is 105 cm³/mol. The van der Waals surface area contributed by atoms with Gasteiger partial charge in [0.15, 0.2) is 0 Å². The van der Waals surface area contributed by atoms with E-state index in [1.54, 1.807) is 13.2 Å². The van der Waals surface area contributed by atoms with Crippen molar-refractivity contribution in [3.63, 3.8) is 0 Å². The van der Waals surface area contributed by atoms with Gasteiger partial charge in [-0.05, 0) is 42.1 Å². The largest absolute Gasteiger partial charge is 0.478 e. The lowest BCUT2D eigenvalue weighted by atomic mass is 10.1. The molecule has 2 aromatic carbocycles. The first-order valence-electron chi connectivity index (χ1n) is 8.46. The monoisotopic (exact) mass is 387 g/mol. The first-order chi connectivity index (χ1) is 13.0. The molecule has 1 N–H and O–H groups in total. The number of carbonyl (C=O) groups is 1. The SMILES string of the molecule is CCOc1ncc(CN(C)C(=O)Nc2ccc(F)c(Cl)c2)c2ccccc12. The van der Waals surface area contributed by atoms with Crippen LogP contribution in [0.5, 0.6) is 5.88 Å². The molecular formula is C20H19ClFN3O2. The van der Waals surface area contributed by atoms with Crippen molar-refractivity contribution in [2.45, 2.75) is 13.5 Å². The Balaban J connectivity index is 1.79. The summed E-state index contributed by atoms with van der Waals surface area (Å²) >= 11 is 5.75. The number of rotatable bonds is 5. The maximum Gasteiger partial charge on any atom is 0.321 e. The van der Waals surface area contributed by atoms with Crippen LogP contribution in [0, 0.1) is 5.82 Å². The van der Waals surface area contributed by atoms with E-state index >= 15 is 0 Å². The van der Waals surface area contributed by atoms with Gasteiger partial charge in [0.25, 0.3) is 0 Å². The number of benzene rings is 2. The molecule has 0 radical (unpaired) electrons. The molecule has 0 spiro atoms. The Morgan fingerprint density at radius 2 is 2.00 bits per heavy atom. The molecule has 1 heterocycles. The standard InChI is InChI=1S/C20H19ClFN3O2/c1-3-27-19-16-7-5-4-6-15(16)13(11-23-19)12-25(2)20(26)24-14-8-9-18(22)17(21)10-14/h4-11H,3,12H2,1-2H3,(H,24,26). The van der Waals surface area contributed by atoms with Crippen LogP contribution in [-0.4, -0.2) is 29.6 Å². The molecule has 0 saturated heterocycles. The topological polar surface area (TPSA) is 54.5 Å². The van der Waals surface area contributed by atoms with Crippen molar-refractivity contribution in [1.29, 1.82) is 0 Å². The van der Waals surface area contributed by atoms with Gasteiger partial charge in [0, 0.05) is 30.9 Å². The third kappa shape index (κ3) is 4.28. The van der Waals surface area contributed by atoms with E-state index in [-0.39, 0.29) is 11.1 Å². The molecule has 0 atom stereocenters. The van der Waals surface area contributed by atoms with Crippen molar-refractivity contribution in [2.24, 2.45) is 0 Å². The van der Waals surface area contributed by atoms with Crippen molar-refractivity contribution in [3.8, 4) is 5.88 Å². The van der Waals surface area contributed by atoms with E-state index in [0.717, 1.165) is 16.3 Å². The van der Waals surface area contributed by atoms with Gasteiger partial charge in [-0.25, -0.2) is 14.2 Å². The molecule has 27 heavy (non-hydrogen) atoms. The number of hydrogen-bond donors (Lipinski definition) is 1. The van der Waals surface area contributed by atoms with E-state index < -0.39 is 5.82 Å². The van der Waals surface area contributed by atoms with E-state index in [0.29, 0.717) is 24.7 Å². The number of nitrogens with one attached hydrogen (secondary N) is 1. The first kappa shape index (κ1) is 18.9. The summed E-state index contributed by atoms with van der Waals surface area (Å²) in [6, 6.07) is 11.5. The van der Waals surface area contributed by atoms with E-state index in [9.17, 15) is 9.18 Å². The van der Waals surface area contributed by atoms with Gasteiger partial charge in [0.2, 0.25) is 5.88 Å². The van der Waals surface area contributed by atoms with Crippen molar-refractivity contribution in [2.75, 3.05) is 19.0 Å². The van der Waals surface area contributed by atoms with Gasteiger partial charge in [0.1, 0.15) is 5.82 Å². The van der Waals surface area contributed by atoms with Crippen LogP contribution < -0.4 is 10.1 Å². The van der Waals surface area contributed by atoms with E-state index in [2.05, 4.69) is 10.3 Å². The van der Waals surface area contributed by atoms with Crippen LogP contribution in [0.4, 0.5) is 14.9 Å². The Morgan fingerprint density at radius 3 is 2.70 bits per heavy atom. The molecule has 7 heteroatoms. The second-order valence-electron chi connectivity index (χ2n) is 5.98. The second kappa shape index (κ2) is 8.22. The van der Waals surface area contributed by atoms with Gasteiger partial charge >= 0.3 is 6.03 Å². The third-order valence-electron chi connectivity index (χ3n) is 4.05. The van der Waals surface area contributed by atoms with Crippen LogP contribution in [0.1, 0.15) is 12.5 Å². The summed E-state index contributed by atoms with van der Waals surface area (Å²) in [6.07, 6.45) is 1.71. The first-order valence-corrected chi connectivity index (χ1v) is 8.84. The van der Waals surface area contributed by atoms with E-state index in [1.165, 1.54) is 23.1 Å². The van der Waals surface area contributed by atoms with Crippen molar-refractivity contribution in [3.05, 3.63) is 65.1 Å². The lowest BCUT2D eigenvalue weighted by Gasteiger charge is -2.19. The second-order valence-corrected chi connectivity index (χ2v) is 6.39. The number of nitrogens with zero attached hydrogens (tertiary/aromatic N) is 2. The quantitative estimate of drug-likeness (QED) is 0.663. The van der Waals surface area contributed by atoms with Crippen molar-refractivity contribution >= 4 is 34.1 Å². The number of carbonyl (C=O) groups excluding carboxylic acids is 1. The maximum absolute atomic E-state index is 13.2. The molecule has 5 nitrogen and oxygen atoms in total. The molecule has 2 amide bonds. The average Bonchev–Trinajstić information content (AvgIpc) is 2.66. The Hall–Kier alpha value is -2.86. The zero-order chi connectivity index (χ0) is 19.4. The summed E-state index contributed by atoms with van der Waals surface area (Å²) in [4.78, 5) is 18.3. The highest BCUT2D eigenvalue weighted by Crippen LogP contribution is 2.27. The number of aromatic nitrogens is 1. The summed E-state index contributed by atoms with van der Waals surface area (Å²) in [5, 5.41) is 4.53. The number of ether oxygens (including phenoxy) is 1. The summed E-state index contributed by atoms with van der Waals surface area (Å²) in [6.45, 7) is 2.78. The number of pyridine rings is 1. The van der Waals surface area contributed by atoms with E-state index in [1.807, 2.05) is 31.2 Å². The van der Waals surface area contributed by atoms with Gasteiger partial charge in [-0.2, -0.15) is 0 Å². The van der Waals surface area contributed by atoms with Gasteiger partial charge in [0.05, 0.1) is 11.6 Å². The highest BCUT2D eigenvalue weighted by molar-refractivity contribution is 6.31. The Labute approximate surface area is 161 Å². The molecule has 0 bridgehead atoms. The molecule has 1 aromatic heterocycles. The molecule has 3 rings (SSSR count). The molecule has 0 aliphatic heterocycles. The number of amides is 2. The molecule has 3 aromatic rings. The number of anilines is 1. The smallest absolute Gasteiger partial charge is 0.321 e. The van der Waals surface area contributed by atoms with Gasteiger partial charge in [-0.1, -0.05) is 29.8 Å². The normalized spacial score (nSPS) is 10.7. The predicted octanol–water partition coefficient (Wildman–Crippen LogP) is 5.09. The van der Waals surface area contributed by atoms with Crippen LogP contribution in [-0.2, 0) is 6.54 Å².